The second-order valence-electron chi connectivity index (χ2n) is 4.11. The molecule has 8 nitrogen and oxygen atoms in total. The first-order chi connectivity index (χ1) is 9.90. The minimum Gasteiger partial charge on any atom is -0.462 e. The van der Waals surface area contributed by atoms with Crippen LogP contribution < -0.4 is 16.8 Å². The molecule has 0 radical (unpaired) electrons. The van der Waals surface area contributed by atoms with Gasteiger partial charge in [-0.25, -0.2) is 4.98 Å². The minimum absolute atomic E-state index is 0.0823. The monoisotopic (exact) mass is 308 g/mol. The van der Waals surface area contributed by atoms with Gasteiger partial charge in [0, 0.05) is 4.88 Å². The number of furan rings is 1. The minimum atomic E-state index is -1.58. The highest BCUT2D eigenvalue weighted by atomic mass is 32.1. The number of nitrogens with zero attached hydrogens (tertiary/aromatic N) is 1. The Balaban J connectivity index is 2.24. The number of amides is 3. The second kappa shape index (κ2) is 5.75. The van der Waals surface area contributed by atoms with Crippen molar-refractivity contribution < 1.29 is 18.8 Å². The molecular formula is C12H12N4O4S. The van der Waals surface area contributed by atoms with Gasteiger partial charge >= 0.3 is 0 Å². The number of carbonyl (C=O) groups is 3. The highest BCUT2D eigenvalue weighted by Gasteiger charge is 2.26. The Morgan fingerprint density at radius 2 is 2.00 bits per heavy atom. The molecule has 2 heterocycles. The Hall–Kier alpha value is -2.68. The number of thiazole rings is 1. The average molecular weight is 308 g/mol. The molecule has 0 aliphatic heterocycles. The number of carbonyl (C=O) groups excluding carboxylic acids is 3. The molecule has 0 saturated heterocycles. The quantitative estimate of drug-likeness (QED) is 0.655. The molecule has 21 heavy (non-hydrogen) atoms. The van der Waals surface area contributed by atoms with Crippen molar-refractivity contribution in [3.05, 3.63) is 29.0 Å². The molecule has 2 aromatic rings. The van der Waals surface area contributed by atoms with E-state index in [2.05, 4.69) is 10.3 Å². The molecule has 110 valence electrons. The van der Waals surface area contributed by atoms with Crippen LogP contribution in [0.15, 0.2) is 22.8 Å². The highest BCUT2D eigenvalue weighted by molar-refractivity contribution is 7.15. The standard InChI is InChI=1S/C12H12N4O4S/c1-5-7(11(19)15-8(9(13)17)10(14)18)16-12(21-5)6-3-2-4-20-6/h2-4,8H,1H3,(H2,13,17)(H2,14,18)(H,15,19). The van der Waals surface area contributed by atoms with Crippen LogP contribution in [0.1, 0.15) is 15.4 Å². The number of hydrogen-bond acceptors (Lipinski definition) is 6. The van der Waals surface area contributed by atoms with E-state index >= 15 is 0 Å². The highest BCUT2D eigenvalue weighted by Crippen LogP contribution is 2.27. The van der Waals surface area contributed by atoms with Gasteiger partial charge in [0.05, 0.1) is 6.26 Å². The van der Waals surface area contributed by atoms with Gasteiger partial charge in [-0.1, -0.05) is 0 Å². The van der Waals surface area contributed by atoms with E-state index in [0.717, 1.165) is 0 Å². The Labute approximate surface area is 123 Å². The van der Waals surface area contributed by atoms with Gasteiger partial charge in [0.2, 0.25) is 11.8 Å². The van der Waals surface area contributed by atoms with Gasteiger partial charge in [0.1, 0.15) is 5.69 Å². The SMILES string of the molecule is Cc1sc(-c2ccco2)nc1C(=O)NC(C(N)=O)C(N)=O. The van der Waals surface area contributed by atoms with Gasteiger partial charge in [0.15, 0.2) is 16.8 Å². The summed E-state index contributed by atoms with van der Waals surface area (Å²) in [6.45, 7) is 1.68. The van der Waals surface area contributed by atoms with Gasteiger partial charge in [0.25, 0.3) is 5.91 Å². The topological polar surface area (TPSA) is 141 Å². The van der Waals surface area contributed by atoms with Crippen LogP contribution in [0.2, 0.25) is 0 Å². The van der Waals surface area contributed by atoms with Gasteiger partial charge in [-0.05, 0) is 19.1 Å². The Bertz CT molecular complexity index is 678. The first kappa shape index (κ1) is 14.7. The van der Waals surface area contributed by atoms with Gasteiger partial charge < -0.3 is 21.2 Å². The number of aromatic nitrogens is 1. The average Bonchev–Trinajstić information content (AvgIpc) is 3.03. The molecule has 0 unspecified atom stereocenters. The van der Waals surface area contributed by atoms with E-state index in [1.807, 2.05) is 0 Å². The lowest BCUT2D eigenvalue weighted by Crippen LogP contribution is -2.52. The van der Waals surface area contributed by atoms with Crippen molar-refractivity contribution in [1.82, 2.24) is 10.3 Å². The van der Waals surface area contributed by atoms with Crippen molar-refractivity contribution in [3.8, 4) is 10.8 Å². The summed E-state index contributed by atoms with van der Waals surface area (Å²) < 4.78 is 5.19. The maximum atomic E-state index is 12.1. The van der Waals surface area contributed by atoms with Gasteiger partial charge in [-0.2, -0.15) is 0 Å². The number of aryl methyl sites for hydroxylation is 1. The maximum absolute atomic E-state index is 12.1. The molecule has 2 rings (SSSR count). The summed E-state index contributed by atoms with van der Waals surface area (Å²) in [5.74, 6) is -2.25. The zero-order valence-corrected chi connectivity index (χ0v) is 11.8. The van der Waals surface area contributed by atoms with E-state index in [4.69, 9.17) is 15.9 Å². The second-order valence-corrected chi connectivity index (χ2v) is 5.32. The van der Waals surface area contributed by atoms with E-state index in [1.54, 1.807) is 19.1 Å². The number of rotatable bonds is 5. The molecule has 5 N–H and O–H groups in total. The predicted octanol–water partition coefficient (Wildman–Crippen LogP) is -0.219. The summed E-state index contributed by atoms with van der Waals surface area (Å²) in [5, 5.41) is 2.67. The number of hydrogen-bond donors (Lipinski definition) is 3. The van der Waals surface area contributed by atoms with Crippen molar-refractivity contribution in [3.63, 3.8) is 0 Å². The number of nitrogens with one attached hydrogen (secondary N) is 1. The molecule has 0 aromatic carbocycles. The van der Waals surface area contributed by atoms with Crippen LogP contribution in [-0.4, -0.2) is 28.7 Å². The van der Waals surface area contributed by atoms with Crippen molar-refractivity contribution in [2.45, 2.75) is 13.0 Å². The fourth-order valence-electron chi connectivity index (χ4n) is 1.59. The van der Waals surface area contributed by atoms with Crippen molar-refractivity contribution in [1.29, 1.82) is 0 Å². The molecule has 0 fully saturated rings. The summed E-state index contributed by atoms with van der Waals surface area (Å²) >= 11 is 1.25. The van der Waals surface area contributed by atoms with Crippen LogP contribution in [0.5, 0.6) is 0 Å². The van der Waals surface area contributed by atoms with Crippen LogP contribution >= 0.6 is 11.3 Å². The van der Waals surface area contributed by atoms with Crippen LogP contribution in [0.4, 0.5) is 0 Å². The van der Waals surface area contributed by atoms with E-state index in [9.17, 15) is 14.4 Å². The van der Waals surface area contributed by atoms with Crippen LogP contribution in [0.3, 0.4) is 0 Å². The summed E-state index contributed by atoms with van der Waals surface area (Å²) in [6, 6.07) is 1.82. The van der Waals surface area contributed by atoms with Crippen LogP contribution in [0, 0.1) is 6.92 Å². The lowest BCUT2D eigenvalue weighted by molar-refractivity contribution is -0.128. The zero-order chi connectivity index (χ0) is 15.6. The number of primary amides is 2. The van der Waals surface area contributed by atoms with E-state index in [0.29, 0.717) is 15.6 Å². The summed E-state index contributed by atoms with van der Waals surface area (Å²) in [7, 11) is 0. The first-order valence-corrected chi connectivity index (χ1v) is 6.62. The van der Waals surface area contributed by atoms with E-state index in [1.165, 1.54) is 17.6 Å². The molecule has 0 spiro atoms. The van der Waals surface area contributed by atoms with Crippen molar-refractivity contribution >= 4 is 29.1 Å². The smallest absolute Gasteiger partial charge is 0.272 e. The Morgan fingerprint density at radius 1 is 1.33 bits per heavy atom. The molecular weight excluding hydrogens is 296 g/mol. The fourth-order valence-corrected chi connectivity index (χ4v) is 2.47. The lowest BCUT2D eigenvalue weighted by atomic mass is 10.2. The molecule has 0 atom stereocenters. The summed E-state index contributed by atoms with van der Waals surface area (Å²) in [4.78, 5) is 38.9. The first-order valence-electron chi connectivity index (χ1n) is 5.81. The normalized spacial score (nSPS) is 10.6. The summed E-state index contributed by atoms with van der Waals surface area (Å²) in [5.41, 5.74) is 10.1. The van der Waals surface area contributed by atoms with Crippen molar-refractivity contribution in [2.24, 2.45) is 11.5 Å². The molecule has 9 heteroatoms. The van der Waals surface area contributed by atoms with E-state index < -0.39 is 23.8 Å². The van der Waals surface area contributed by atoms with Gasteiger partial charge in [-0.15, -0.1) is 11.3 Å². The molecule has 3 amide bonds. The Kier molecular flexibility index (Phi) is 4.03. The van der Waals surface area contributed by atoms with Gasteiger partial charge in [-0.3, -0.25) is 14.4 Å². The third-order valence-electron chi connectivity index (χ3n) is 2.59. The summed E-state index contributed by atoms with van der Waals surface area (Å²) in [6.07, 6.45) is 1.49. The fraction of sp³-hybridized carbons (Fsp3) is 0.167. The number of nitrogens with two attached hydrogens (primary N) is 2. The third kappa shape index (κ3) is 3.08. The molecule has 0 bridgehead atoms. The largest absolute Gasteiger partial charge is 0.462 e. The van der Waals surface area contributed by atoms with Crippen LogP contribution in [-0.2, 0) is 9.59 Å². The Morgan fingerprint density at radius 3 is 2.52 bits per heavy atom. The zero-order valence-electron chi connectivity index (χ0n) is 11.0. The lowest BCUT2D eigenvalue weighted by Gasteiger charge is -2.10. The predicted molar refractivity (Wildman–Crippen MR) is 74.2 cm³/mol. The molecule has 2 aromatic heterocycles. The van der Waals surface area contributed by atoms with E-state index in [-0.39, 0.29) is 5.69 Å². The molecule has 0 aliphatic rings. The van der Waals surface area contributed by atoms with Crippen LogP contribution in [0.25, 0.3) is 10.8 Å². The third-order valence-corrected chi connectivity index (χ3v) is 3.57. The molecule has 0 saturated carbocycles. The van der Waals surface area contributed by atoms with Crippen molar-refractivity contribution in [2.75, 3.05) is 0 Å². The molecule has 0 aliphatic carbocycles. The maximum Gasteiger partial charge on any atom is 0.272 e.